The van der Waals surface area contributed by atoms with Gasteiger partial charge in [0.1, 0.15) is 22.7 Å². The Bertz CT molecular complexity index is 1010. The number of aromatic nitrogens is 4. The molecule has 4 heterocycles. The Morgan fingerprint density at radius 3 is 3.07 bits per heavy atom. The van der Waals surface area contributed by atoms with Gasteiger partial charge in [0, 0.05) is 37.3 Å². The molecule has 1 unspecified atom stereocenters. The number of nitrogens with one attached hydrogen (secondary N) is 1. The molecule has 8 heteroatoms. The quantitative estimate of drug-likeness (QED) is 0.752. The molecule has 1 saturated heterocycles. The summed E-state index contributed by atoms with van der Waals surface area (Å²) in [5, 5.41) is 8.59. The van der Waals surface area contributed by atoms with Crippen molar-refractivity contribution in [3.05, 3.63) is 34.7 Å². The van der Waals surface area contributed by atoms with Gasteiger partial charge >= 0.3 is 0 Å². The van der Waals surface area contributed by atoms with Gasteiger partial charge in [-0.1, -0.05) is 0 Å². The third-order valence-electron chi connectivity index (χ3n) is 5.48. The van der Waals surface area contributed by atoms with E-state index >= 15 is 0 Å². The zero-order valence-electron chi connectivity index (χ0n) is 15.3. The van der Waals surface area contributed by atoms with Gasteiger partial charge in [-0.3, -0.25) is 9.48 Å². The molecular formula is C19H22N6OS. The summed E-state index contributed by atoms with van der Waals surface area (Å²) in [6.07, 6.45) is 9.00. The molecule has 0 radical (unpaired) electrons. The van der Waals surface area contributed by atoms with Gasteiger partial charge in [-0.25, -0.2) is 9.97 Å². The van der Waals surface area contributed by atoms with Crippen LogP contribution in [0.15, 0.2) is 18.6 Å². The second kappa shape index (κ2) is 6.60. The number of hydrogen-bond acceptors (Lipinski definition) is 6. The molecular weight excluding hydrogens is 360 g/mol. The molecule has 1 N–H and O–H groups in total. The normalized spacial score (nSPS) is 19.4. The van der Waals surface area contributed by atoms with Crippen molar-refractivity contribution >= 4 is 33.3 Å². The van der Waals surface area contributed by atoms with Crippen LogP contribution in [0.2, 0.25) is 0 Å². The van der Waals surface area contributed by atoms with E-state index in [2.05, 4.69) is 25.3 Å². The molecule has 5 rings (SSSR count). The summed E-state index contributed by atoms with van der Waals surface area (Å²) in [5.41, 5.74) is 1.92. The van der Waals surface area contributed by atoms with Crippen molar-refractivity contribution in [3.8, 4) is 0 Å². The SMILES string of the molecule is Cn1ccc(C(=O)NC2CCCN(c3ncnc4sc5c(c34)CCC5)C2)n1. The zero-order valence-corrected chi connectivity index (χ0v) is 16.1. The molecule has 1 fully saturated rings. The summed E-state index contributed by atoms with van der Waals surface area (Å²) in [6.45, 7) is 1.74. The number of fused-ring (bicyclic) bond motifs is 3. The van der Waals surface area contributed by atoms with Crippen LogP contribution in [0.25, 0.3) is 10.2 Å². The molecule has 1 amide bonds. The van der Waals surface area contributed by atoms with Crippen molar-refractivity contribution in [2.24, 2.45) is 7.05 Å². The zero-order chi connectivity index (χ0) is 18.4. The first-order chi connectivity index (χ1) is 13.2. The first kappa shape index (κ1) is 16.7. The van der Waals surface area contributed by atoms with Crippen LogP contribution in [0.5, 0.6) is 0 Å². The molecule has 3 aromatic heterocycles. The maximum Gasteiger partial charge on any atom is 0.272 e. The molecule has 2 aliphatic rings. The van der Waals surface area contributed by atoms with Crippen molar-refractivity contribution < 1.29 is 4.79 Å². The van der Waals surface area contributed by atoms with Crippen LogP contribution in [0, 0.1) is 0 Å². The van der Waals surface area contributed by atoms with E-state index in [1.165, 1.54) is 28.7 Å². The first-order valence-corrected chi connectivity index (χ1v) is 10.3. The second-order valence-electron chi connectivity index (χ2n) is 7.37. The highest BCUT2D eigenvalue weighted by molar-refractivity contribution is 7.19. The van der Waals surface area contributed by atoms with E-state index in [1.54, 1.807) is 23.3 Å². The fourth-order valence-electron chi connectivity index (χ4n) is 4.23. The van der Waals surface area contributed by atoms with Crippen molar-refractivity contribution in [1.29, 1.82) is 0 Å². The Morgan fingerprint density at radius 1 is 1.30 bits per heavy atom. The van der Waals surface area contributed by atoms with Gasteiger partial charge in [-0.05, 0) is 43.7 Å². The van der Waals surface area contributed by atoms with E-state index in [9.17, 15) is 4.79 Å². The van der Waals surface area contributed by atoms with Crippen LogP contribution in [-0.4, -0.2) is 44.8 Å². The lowest BCUT2D eigenvalue weighted by Gasteiger charge is -2.34. The minimum Gasteiger partial charge on any atom is -0.354 e. The third-order valence-corrected chi connectivity index (χ3v) is 6.68. The number of anilines is 1. The predicted octanol–water partition coefficient (Wildman–Crippen LogP) is 2.31. The average molecular weight is 382 g/mol. The van der Waals surface area contributed by atoms with E-state index in [0.717, 1.165) is 43.0 Å². The molecule has 7 nitrogen and oxygen atoms in total. The number of amides is 1. The lowest BCUT2D eigenvalue weighted by molar-refractivity contribution is 0.0927. The predicted molar refractivity (Wildman–Crippen MR) is 105 cm³/mol. The number of carbonyl (C=O) groups is 1. The molecule has 3 aromatic rings. The smallest absolute Gasteiger partial charge is 0.272 e. The van der Waals surface area contributed by atoms with Gasteiger partial charge in [0.15, 0.2) is 0 Å². The van der Waals surface area contributed by atoms with Crippen molar-refractivity contribution in [2.45, 2.75) is 38.1 Å². The van der Waals surface area contributed by atoms with Crippen LogP contribution in [0.4, 0.5) is 5.82 Å². The fourth-order valence-corrected chi connectivity index (χ4v) is 5.46. The van der Waals surface area contributed by atoms with E-state index < -0.39 is 0 Å². The summed E-state index contributed by atoms with van der Waals surface area (Å²) in [5.74, 6) is 0.933. The second-order valence-corrected chi connectivity index (χ2v) is 8.45. The lowest BCUT2D eigenvalue weighted by Crippen LogP contribution is -2.48. The number of piperidine rings is 1. The lowest BCUT2D eigenvalue weighted by atomic mass is 10.0. The minimum absolute atomic E-state index is 0.102. The Hall–Kier alpha value is -2.48. The van der Waals surface area contributed by atoms with Crippen LogP contribution in [-0.2, 0) is 19.9 Å². The van der Waals surface area contributed by atoms with Gasteiger partial charge in [0.25, 0.3) is 5.91 Å². The van der Waals surface area contributed by atoms with Crippen molar-refractivity contribution in [1.82, 2.24) is 25.1 Å². The summed E-state index contributed by atoms with van der Waals surface area (Å²) < 4.78 is 1.65. The van der Waals surface area contributed by atoms with Gasteiger partial charge in [0.05, 0.1) is 5.39 Å². The van der Waals surface area contributed by atoms with Crippen LogP contribution in [0.3, 0.4) is 0 Å². The van der Waals surface area contributed by atoms with Crippen LogP contribution >= 0.6 is 11.3 Å². The Morgan fingerprint density at radius 2 is 2.22 bits per heavy atom. The highest BCUT2D eigenvalue weighted by atomic mass is 32.1. The van der Waals surface area contributed by atoms with Gasteiger partial charge in [-0.15, -0.1) is 11.3 Å². The van der Waals surface area contributed by atoms with Crippen LogP contribution < -0.4 is 10.2 Å². The van der Waals surface area contributed by atoms with Gasteiger partial charge in [0.2, 0.25) is 0 Å². The molecule has 0 saturated carbocycles. The Kier molecular flexibility index (Phi) is 4.07. The summed E-state index contributed by atoms with van der Waals surface area (Å²) in [6, 6.07) is 1.85. The van der Waals surface area contributed by atoms with Gasteiger partial charge < -0.3 is 10.2 Å². The molecule has 1 aliphatic heterocycles. The summed E-state index contributed by atoms with van der Waals surface area (Å²) >= 11 is 1.82. The highest BCUT2D eigenvalue weighted by Gasteiger charge is 2.27. The van der Waals surface area contributed by atoms with Crippen LogP contribution in [0.1, 0.15) is 40.2 Å². The monoisotopic (exact) mass is 382 g/mol. The fraction of sp³-hybridized carbons (Fsp3) is 0.474. The highest BCUT2D eigenvalue weighted by Crippen LogP contribution is 2.40. The molecule has 27 heavy (non-hydrogen) atoms. The number of aryl methyl sites for hydroxylation is 3. The summed E-state index contributed by atoms with van der Waals surface area (Å²) in [7, 11) is 1.82. The number of carbonyl (C=O) groups excluding carboxylic acids is 1. The molecule has 1 aliphatic carbocycles. The van der Waals surface area contributed by atoms with Crippen molar-refractivity contribution in [3.63, 3.8) is 0 Å². The maximum atomic E-state index is 12.5. The molecule has 140 valence electrons. The largest absolute Gasteiger partial charge is 0.354 e. The van der Waals surface area contributed by atoms with Gasteiger partial charge in [-0.2, -0.15) is 5.10 Å². The maximum absolute atomic E-state index is 12.5. The van der Waals surface area contributed by atoms with E-state index in [1.807, 2.05) is 18.4 Å². The standard InChI is InChI=1S/C19H22N6OS/c1-24-9-7-14(23-24)18(26)22-12-4-3-8-25(10-12)17-16-13-5-2-6-15(13)27-19(16)21-11-20-17/h7,9,11-12H,2-6,8,10H2,1H3,(H,22,26). The molecule has 0 spiro atoms. The third kappa shape index (κ3) is 2.97. The van der Waals surface area contributed by atoms with E-state index in [-0.39, 0.29) is 11.9 Å². The number of hydrogen-bond donors (Lipinski definition) is 1. The van der Waals surface area contributed by atoms with E-state index in [0.29, 0.717) is 5.69 Å². The Balaban J connectivity index is 1.38. The summed E-state index contributed by atoms with van der Waals surface area (Å²) in [4.78, 5) is 26.5. The first-order valence-electron chi connectivity index (χ1n) is 9.50. The Labute approximate surface area is 161 Å². The number of thiophene rings is 1. The van der Waals surface area contributed by atoms with Crippen molar-refractivity contribution in [2.75, 3.05) is 18.0 Å². The molecule has 0 aromatic carbocycles. The average Bonchev–Trinajstić information content (AvgIpc) is 3.37. The number of nitrogens with zero attached hydrogens (tertiary/aromatic N) is 5. The topological polar surface area (TPSA) is 75.9 Å². The minimum atomic E-state index is -0.105. The number of rotatable bonds is 3. The molecule has 1 atom stereocenters. The molecule has 0 bridgehead atoms. The van der Waals surface area contributed by atoms with E-state index in [4.69, 9.17) is 0 Å².